The van der Waals surface area contributed by atoms with Crippen molar-refractivity contribution in [2.24, 2.45) is 11.1 Å². The molecule has 0 aliphatic heterocycles. The van der Waals surface area contributed by atoms with Crippen molar-refractivity contribution in [3.8, 4) is 0 Å². The summed E-state index contributed by atoms with van der Waals surface area (Å²) in [5.74, 6) is -0.332. The zero-order valence-electron chi connectivity index (χ0n) is 10.6. The SMILES string of the molecule is CC1(C)CC(N)CC(Nc2nc(Cl)ncc2F)C1. The highest BCUT2D eigenvalue weighted by atomic mass is 35.5. The highest BCUT2D eigenvalue weighted by Crippen LogP contribution is 2.35. The Bertz CT molecular complexity index is 438. The minimum absolute atomic E-state index is 0.0401. The van der Waals surface area contributed by atoms with E-state index in [4.69, 9.17) is 17.3 Å². The van der Waals surface area contributed by atoms with Crippen molar-refractivity contribution in [1.82, 2.24) is 9.97 Å². The number of nitrogens with two attached hydrogens (primary N) is 1. The fourth-order valence-corrected chi connectivity index (χ4v) is 2.88. The molecule has 1 aromatic rings. The summed E-state index contributed by atoms with van der Waals surface area (Å²) in [7, 11) is 0. The largest absolute Gasteiger partial charge is 0.365 e. The van der Waals surface area contributed by atoms with Crippen LogP contribution in [0.25, 0.3) is 0 Å². The van der Waals surface area contributed by atoms with Crippen molar-refractivity contribution < 1.29 is 4.39 Å². The monoisotopic (exact) mass is 272 g/mol. The molecule has 2 rings (SSSR count). The van der Waals surface area contributed by atoms with Crippen molar-refractivity contribution in [1.29, 1.82) is 0 Å². The first-order valence-electron chi connectivity index (χ1n) is 6.06. The molecule has 0 spiro atoms. The van der Waals surface area contributed by atoms with E-state index in [9.17, 15) is 4.39 Å². The van der Waals surface area contributed by atoms with Gasteiger partial charge in [-0.15, -0.1) is 0 Å². The summed E-state index contributed by atoms with van der Waals surface area (Å²) in [6, 6.07) is 0.246. The molecule has 1 aliphatic carbocycles. The first-order chi connectivity index (χ1) is 8.35. The quantitative estimate of drug-likeness (QED) is 0.813. The number of nitrogens with zero attached hydrogens (tertiary/aromatic N) is 2. The predicted octanol–water partition coefficient (Wildman–Crippen LogP) is 2.59. The number of rotatable bonds is 2. The van der Waals surface area contributed by atoms with Crippen LogP contribution in [0.4, 0.5) is 10.2 Å². The van der Waals surface area contributed by atoms with Gasteiger partial charge in [0.05, 0.1) is 6.20 Å². The Balaban J connectivity index is 2.11. The molecule has 1 aliphatic rings. The number of hydrogen-bond acceptors (Lipinski definition) is 4. The average molecular weight is 273 g/mol. The van der Waals surface area contributed by atoms with Crippen LogP contribution in [0, 0.1) is 11.2 Å². The van der Waals surface area contributed by atoms with E-state index in [1.165, 1.54) is 0 Å². The van der Waals surface area contributed by atoms with E-state index in [2.05, 4.69) is 29.1 Å². The molecule has 1 saturated carbocycles. The standard InChI is InChI=1S/C12H18ClFN4/c1-12(2)4-7(15)3-8(5-12)17-10-9(14)6-16-11(13)18-10/h6-8H,3-5,15H2,1-2H3,(H,16,17,18). The van der Waals surface area contributed by atoms with Gasteiger partial charge in [-0.25, -0.2) is 9.37 Å². The Kier molecular flexibility index (Phi) is 3.73. The Morgan fingerprint density at radius 3 is 2.89 bits per heavy atom. The lowest BCUT2D eigenvalue weighted by molar-refractivity contribution is 0.206. The molecule has 100 valence electrons. The molecule has 1 fully saturated rings. The van der Waals surface area contributed by atoms with Gasteiger partial charge < -0.3 is 11.1 Å². The van der Waals surface area contributed by atoms with Crippen molar-refractivity contribution >= 4 is 17.4 Å². The molecule has 3 N–H and O–H groups in total. The van der Waals surface area contributed by atoms with Crippen molar-refractivity contribution in [3.63, 3.8) is 0 Å². The fourth-order valence-electron chi connectivity index (χ4n) is 2.74. The third-order valence-electron chi connectivity index (χ3n) is 3.26. The van der Waals surface area contributed by atoms with Gasteiger partial charge in [-0.05, 0) is 36.3 Å². The third-order valence-corrected chi connectivity index (χ3v) is 3.44. The maximum Gasteiger partial charge on any atom is 0.224 e. The van der Waals surface area contributed by atoms with E-state index >= 15 is 0 Å². The van der Waals surface area contributed by atoms with Crippen LogP contribution < -0.4 is 11.1 Å². The second-order valence-electron chi connectivity index (χ2n) is 5.75. The van der Waals surface area contributed by atoms with Gasteiger partial charge in [0.2, 0.25) is 5.28 Å². The number of aromatic nitrogens is 2. The first kappa shape index (κ1) is 13.5. The molecule has 2 atom stereocenters. The van der Waals surface area contributed by atoms with Crippen LogP contribution in [0.5, 0.6) is 0 Å². The molecule has 1 heterocycles. The summed E-state index contributed by atoms with van der Waals surface area (Å²) < 4.78 is 13.5. The number of hydrogen-bond donors (Lipinski definition) is 2. The van der Waals surface area contributed by atoms with Crippen molar-refractivity contribution in [2.75, 3.05) is 5.32 Å². The van der Waals surface area contributed by atoms with Crippen LogP contribution in [0.2, 0.25) is 5.28 Å². The summed E-state index contributed by atoms with van der Waals surface area (Å²) in [4.78, 5) is 7.46. The maximum atomic E-state index is 13.5. The summed E-state index contributed by atoms with van der Waals surface area (Å²) in [6.45, 7) is 4.34. The minimum Gasteiger partial charge on any atom is -0.365 e. The number of anilines is 1. The van der Waals surface area contributed by atoms with Gasteiger partial charge in [-0.1, -0.05) is 13.8 Å². The highest BCUT2D eigenvalue weighted by Gasteiger charge is 2.32. The normalized spacial score (nSPS) is 26.9. The van der Waals surface area contributed by atoms with Crippen LogP contribution in [0.15, 0.2) is 6.20 Å². The van der Waals surface area contributed by atoms with Gasteiger partial charge in [-0.3, -0.25) is 0 Å². The van der Waals surface area contributed by atoms with E-state index in [1.807, 2.05) is 0 Å². The molecule has 6 heteroatoms. The summed E-state index contributed by atoms with van der Waals surface area (Å²) >= 11 is 5.67. The van der Waals surface area contributed by atoms with Crippen LogP contribution in [-0.4, -0.2) is 22.1 Å². The van der Waals surface area contributed by atoms with Crippen LogP contribution in [0.1, 0.15) is 33.1 Å². The molecule has 18 heavy (non-hydrogen) atoms. The van der Waals surface area contributed by atoms with Gasteiger partial charge in [0.15, 0.2) is 11.6 Å². The molecular formula is C12H18ClFN4. The second-order valence-corrected chi connectivity index (χ2v) is 6.08. The molecular weight excluding hydrogens is 255 g/mol. The third kappa shape index (κ3) is 3.29. The highest BCUT2D eigenvalue weighted by molar-refractivity contribution is 6.28. The van der Waals surface area contributed by atoms with E-state index in [1.54, 1.807) is 0 Å². The summed E-state index contributed by atoms with van der Waals surface area (Å²) in [6.07, 6.45) is 3.80. The van der Waals surface area contributed by atoms with Crippen LogP contribution >= 0.6 is 11.6 Å². The summed E-state index contributed by atoms with van der Waals surface area (Å²) in [5, 5.41) is 3.13. The molecule has 0 bridgehead atoms. The van der Waals surface area contributed by atoms with Gasteiger partial charge in [0.1, 0.15) is 0 Å². The minimum atomic E-state index is -0.489. The van der Waals surface area contributed by atoms with E-state index in [-0.39, 0.29) is 28.6 Å². The van der Waals surface area contributed by atoms with Gasteiger partial charge in [0.25, 0.3) is 0 Å². The molecule has 0 radical (unpaired) electrons. The molecule has 0 aromatic carbocycles. The molecule has 0 amide bonds. The lowest BCUT2D eigenvalue weighted by Crippen LogP contribution is -2.42. The maximum absolute atomic E-state index is 13.5. The topological polar surface area (TPSA) is 63.8 Å². The van der Waals surface area contributed by atoms with Crippen LogP contribution in [-0.2, 0) is 0 Å². The molecule has 1 aromatic heterocycles. The number of halogens is 2. The summed E-state index contributed by atoms with van der Waals surface area (Å²) in [5.41, 5.74) is 6.19. The fraction of sp³-hybridized carbons (Fsp3) is 0.667. The smallest absolute Gasteiger partial charge is 0.224 e. The van der Waals surface area contributed by atoms with Gasteiger partial charge in [-0.2, -0.15) is 4.98 Å². The molecule has 4 nitrogen and oxygen atoms in total. The average Bonchev–Trinajstić information content (AvgIpc) is 2.20. The van der Waals surface area contributed by atoms with E-state index in [0.29, 0.717) is 0 Å². The lowest BCUT2D eigenvalue weighted by atomic mass is 9.73. The lowest BCUT2D eigenvalue weighted by Gasteiger charge is -2.39. The Labute approximate surface area is 111 Å². The first-order valence-corrected chi connectivity index (χ1v) is 6.44. The van der Waals surface area contributed by atoms with Crippen molar-refractivity contribution in [3.05, 3.63) is 17.3 Å². The molecule has 2 unspecified atom stereocenters. The second kappa shape index (κ2) is 4.97. The Morgan fingerprint density at radius 1 is 1.50 bits per heavy atom. The zero-order valence-corrected chi connectivity index (χ0v) is 11.3. The predicted molar refractivity (Wildman–Crippen MR) is 70.0 cm³/mol. The van der Waals surface area contributed by atoms with E-state index < -0.39 is 5.82 Å². The number of nitrogens with one attached hydrogen (secondary N) is 1. The van der Waals surface area contributed by atoms with Gasteiger partial charge >= 0.3 is 0 Å². The van der Waals surface area contributed by atoms with Gasteiger partial charge in [0, 0.05) is 12.1 Å². The Hall–Kier alpha value is -0.940. The molecule has 0 saturated heterocycles. The van der Waals surface area contributed by atoms with E-state index in [0.717, 1.165) is 25.5 Å². The van der Waals surface area contributed by atoms with Crippen molar-refractivity contribution in [2.45, 2.75) is 45.2 Å². The van der Waals surface area contributed by atoms with Crippen LogP contribution in [0.3, 0.4) is 0 Å². The Morgan fingerprint density at radius 2 is 2.22 bits per heavy atom. The zero-order chi connectivity index (χ0) is 13.3.